The standard InChI is InChI=1S/C23H39FN2O3/c1-16-13-23(15-27-11-9-25-23)21-14-29-18-7-5-17(6-8-18)19-3-2-4-20(24)22(19)28-12-10-26(16)21/h16-22,25H,2-15H2,1H3/t16-,17?,18?,19?,20?,21-,22?,23+/m1/s1. The number of nitrogens with one attached hydrogen (secondary N) is 1. The quantitative estimate of drug-likeness (QED) is 0.665. The summed E-state index contributed by atoms with van der Waals surface area (Å²) in [5.41, 5.74) is -0.0228. The van der Waals surface area contributed by atoms with E-state index in [-0.39, 0.29) is 11.6 Å². The molecule has 0 aromatic carbocycles. The third-order valence-electron chi connectivity index (χ3n) is 8.62. The van der Waals surface area contributed by atoms with Crippen LogP contribution >= 0.6 is 0 Å². The fourth-order valence-corrected chi connectivity index (χ4v) is 7.14. The molecule has 0 aromatic rings. The Morgan fingerprint density at radius 3 is 2.69 bits per heavy atom. The zero-order chi connectivity index (χ0) is 19.8. The van der Waals surface area contributed by atoms with Crippen LogP contribution in [0.25, 0.3) is 0 Å². The average molecular weight is 411 g/mol. The molecular formula is C23H39FN2O3. The van der Waals surface area contributed by atoms with Gasteiger partial charge in [0.1, 0.15) is 6.17 Å². The molecule has 0 amide bonds. The second-order valence-corrected chi connectivity index (χ2v) is 10.3. The van der Waals surface area contributed by atoms with E-state index in [4.69, 9.17) is 14.2 Å². The van der Waals surface area contributed by atoms with Gasteiger partial charge in [0.05, 0.1) is 50.2 Å². The predicted octanol–water partition coefficient (Wildman–Crippen LogP) is 2.92. The number of fused-ring (bicyclic) bond motifs is 5. The molecule has 6 aliphatic rings. The van der Waals surface area contributed by atoms with Crippen molar-refractivity contribution in [3.8, 4) is 0 Å². The third kappa shape index (κ3) is 4.00. The van der Waals surface area contributed by atoms with E-state index in [0.29, 0.717) is 43.1 Å². The minimum atomic E-state index is -0.792. The first-order valence-electron chi connectivity index (χ1n) is 12.1. The number of hydrogen-bond acceptors (Lipinski definition) is 5. The SMILES string of the molecule is C[C@@H]1C[C@]2(COCCN2)[C@H]2COC3CCC(CC3)C3CCCC(F)C3OCCN12. The van der Waals surface area contributed by atoms with Crippen molar-refractivity contribution in [1.82, 2.24) is 10.2 Å². The van der Waals surface area contributed by atoms with Crippen LogP contribution < -0.4 is 5.32 Å². The van der Waals surface area contributed by atoms with Crippen molar-refractivity contribution < 1.29 is 18.6 Å². The molecule has 4 saturated heterocycles. The van der Waals surface area contributed by atoms with Gasteiger partial charge in [0, 0.05) is 19.1 Å². The molecule has 29 heavy (non-hydrogen) atoms. The van der Waals surface area contributed by atoms with Gasteiger partial charge in [-0.2, -0.15) is 0 Å². The third-order valence-corrected chi connectivity index (χ3v) is 8.62. The zero-order valence-corrected chi connectivity index (χ0v) is 18.0. The van der Waals surface area contributed by atoms with E-state index in [1.165, 1.54) is 12.8 Å². The number of halogens is 1. The van der Waals surface area contributed by atoms with E-state index in [9.17, 15) is 4.39 Å². The lowest BCUT2D eigenvalue weighted by atomic mass is 9.71. The van der Waals surface area contributed by atoms with Gasteiger partial charge >= 0.3 is 0 Å². The number of nitrogens with zero attached hydrogens (tertiary/aromatic N) is 1. The minimum Gasteiger partial charge on any atom is -0.378 e. The average Bonchev–Trinajstić information content (AvgIpc) is 2.99. The first-order valence-corrected chi connectivity index (χ1v) is 12.1. The van der Waals surface area contributed by atoms with Crippen molar-refractivity contribution in [1.29, 1.82) is 0 Å². The summed E-state index contributed by atoms with van der Waals surface area (Å²) < 4.78 is 33.7. The smallest absolute Gasteiger partial charge is 0.126 e. The topological polar surface area (TPSA) is 43.0 Å². The van der Waals surface area contributed by atoms with E-state index in [0.717, 1.165) is 65.0 Å². The van der Waals surface area contributed by atoms with E-state index < -0.39 is 6.17 Å². The Labute approximate surface area is 175 Å². The van der Waals surface area contributed by atoms with Gasteiger partial charge in [-0.1, -0.05) is 6.42 Å². The Bertz CT molecular complexity index is 550. The summed E-state index contributed by atoms with van der Waals surface area (Å²) in [6, 6.07) is 0.745. The number of rotatable bonds is 0. The lowest BCUT2D eigenvalue weighted by Gasteiger charge is -2.42. The molecule has 4 heterocycles. The molecule has 2 saturated carbocycles. The summed E-state index contributed by atoms with van der Waals surface area (Å²) in [5.74, 6) is 1.00. The van der Waals surface area contributed by atoms with Crippen molar-refractivity contribution in [3.63, 3.8) is 0 Å². The maximum atomic E-state index is 14.9. The first kappa shape index (κ1) is 20.6. The monoisotopic (exact) mass is 410 g/mol. The van der Waals surface area contributed by atoms with Gasteiger partial charge in [0.2, 0.25) is 0 Å². The first-order chi connectivity index (χ1) is 14.2. The lowest BCUT2D eigenvalue weighted by molar-refractivity contribution is -0.0864. The van der Waals surface area contributed by atoms with Crippen molar-refractivity contribution in [3.05, 3.63) is 0 Å². The van der Waals surface area contributed by atoms with Gasteiger partial charge in [0.15, 0.2) is 0 Å². The summed E-state index contributed by atoms with van der Waals surface area (Å²) in [6.45, 7) is 6.99. The van der Waals surface area contributed by atoms with Crippen LogP contribution in [-0.4, -0.2) is 80.4 Å². The number of ether oxygens (including phenoxy) is 3. The lowest BCUT2D eigenvalue weighted by Crippen LogP contribution is -2.63. The van der Waals surface area contributed by atoms with Gasteiger partial charge in [-0.15, -0.1) is 0 Å². The molecule has 6 rings (SSSR count). The number of hydrogen-bond donors (Lipinski definition) is 1. The van der Waals surface area contributed by atoms with Crippen LogP contribution in [0.3, 0.4) is 0 Å². The van der Waals surface area contributed by atoms with Gasteiger partial charge in [-0.3, -0.25) is 4.90 Å². The summed E-state index contributed by atoms with van der Waals surface area (Å²) in [4.78, 5) is 2.55. The van der Waals surface area contributed by atoms with Crippen LogP contribution in [0, 0.1) is 11.8 Å². The van der Waals surface area contributed by atoms with Gasteiger partial charge in [-0.25, -0.2) is 4.39 Å². The molecule has 6 atom stereocenters. The largest absolute Gasteiger partial charge is 0.378 e. The van der Waals surface area contributed by atoms with Gasteiger partial charge in [0.25, 0.3) is 0 Å². The highest BCUT2D eigenvalue weighted by molar-refractivity contribution is 5.10. The Morgan fingerprint density at radius 1 is 1.03 bits per heavy atom. The zero-order valence-electron chi connectivity index (χ0n) is 18.0. The Hall–Kier alpha value is -0.270. The van der Waals surface area contributed by atoms with Crippen LogP contribution in [0.1, 0.15) is 58.3 Å². The Morgan fingerprint density at radius 2 is 1.90 bits per heavy atom. The number of alkyl halides is 1. The normalized spacial score (nSPS) is 49.7. The van der Waals surface area contributed by atoms with E-state index >= 15 is 0 Å². The Kier molecular flexibility index (Phi) is 6.18. The van der Waals surface area contributed by atoms with Crippen LogP contribution in [0.15, 0.2) is 0 Å². The highest BCUT2D eigenvalue weighted by Crippen LogP contribution is 2.42. The molecule has 5 nitrogen and oxygen atoms in total. The molecular weight excluding hydrogens is 371 g/mol. The van der Waals surface area contributed by atoms with E-state index in [1.54, 1.807) is 0 Å². The van der Waals surface area contributed by atoms with Crippen molar-refractivity contribution >= 4 is 0 Å². The molecule has 0 aromatic heterocycles. The molecule has 6 heteroatoms. The highest BCUT2D eigenvalue weighted by atomic mass is 19.1. The molecule has 1 N–H and O–H groups in total. The molecule has 2 aliphatic carbocycles. The Balaban J connectivity index is 1.37. The van der Waals surface area contributed by atoms with Crippen LogP contribution in [-0.2, 0) is 14.2 Å². The van der Waals surface area contributed by atoms with Crippen LogP contribution in [0.4, 0.5) is 4.39 Å². The predicted molar refractivity (Wildman–Crippen MR) is 110 cm³/mol. The molecule has 3 unspecified atom stereocenters. The second kappa shape index (κ2) is 8.70. The summed E-state index contributed by atoms with van der Waals surface area (Å²) >= 11 is 0. The fourth-order valence-electron chi connectivity index (χ4n) is 7.14. The van der Waals surface area contributed by atoms with Gasteiger partial charge < -0.3 is 19.5 Å². The maximum Gasteiger partial charge on any atom is 0.126 e. The fraction of sp³-hybridized carbons (Fsp3) is 1.00. The van der Waals surface area contributed by atoms with Crippen LogP contribution in [0.2, 0.25) is 0 Å². The highest BCUT2D eigenvalue weighted by Gasteiger charge is 2.52. The summed E-state index contributed by atoms with van der Waals surface area (Å²) in [5, 5.41) is 3.80. The van der Waals surface area contributed by atoms with Crippen molar-refractivity contribution in [2.45, 2.75) is 94.3 Å². The molecule has 166 valence electrons. The van der Waals surface area contributed by atoms with E-state index in [1.807, 2.05) is 0 Å². The van der Waals surface area contributed by atoms with E-state index in [2.05, 4.69) is 17.1 Å². The van der Waals surface area contributed by atoms with Crippen molar-refractivity contribution in [2.24, 2.45) is 11.8 Å². The molecule has 4 aliphatic heterocycles. The van der Waals surface area contributed by atoms with Crippen LogP contribution in [0.5, 0.6) is 0 Å². The molecule has 6 fully saturated rings. The minimum absolute atomic E-state index is 0.0228. The number of morpholine rings is 1. The second-order valence-electron chi connectivity index (χ2n) is 10.3. The van der Waals surface area contributed by atoms with Crippen molar-refractivity contribution in [2.75, 3.05) is 39.5 Å². The molecule has 1 spiro atoms. The summed E-state index contributed by atoms with van der Waals surface area (Å²) in [6.07, 6.45) is 7.82. The molecule has 2 bridgehead atoms. The molecule has 0 radical (unpaired) electrons. The maximum absolute atomic E-state index is 14.9. The summed E-state index contributed by atoms with van der Waals surface area (Å²) in [7, 11) is 0. The van der Waals surface area contributed by atoms with Gasteiger partial charge in [-0.05, 0) is 63.7 Å².